The van der Waals surface area contributed by atoms with Crippen molar-refractivity contribution in [1.82, 2.24) is 10.2 Å². The Morgan fingerprint density at radius 3 is 2.54 bits per heavy atom. The van der Waals surface area contributed by atoms with E-state index in [2.05, 4.69) is 10.1 Å². The Kier molecular flexibility index (Phi) is 7.83. The third-order valence-corrected chi connectivity index (χ3v) is 3.84. The van der Waals surface area contributed by atoms with Crippen molar-refractivity contribution in [3.8, 4) is 5.75 Å². The van der Waals surface area contributed by atoms with Crippen LogP contribution in [0.15, 0.2) is 48.5 Å². The Labute approximate surface area is 162 Å². The summed E-state index contributed by atoms with van der Waals surface area (Å²) in [5.41, 5.74) is 2.30. The van der Waals surface area contributed by atoms with E-state index in [1.165, 1.54) is 18.2 Å². The van der Waals surface area contributed by atoms with Gasteiger partial charge in [0.15, 0.2) is 0 Å². The van der Waals surface area contributed by atoms with Crippen molar-refractivity contribution in [2.75, 3.05) is 20.7 Å². The molecular weight excluding hydrogens is 373 g/mol. The SMILES string of the molecule is COCc1cccc(CNC(=O)CN(C)Cc2ccccc2OC(F)(F)F)c1. The van der Waals surface area contributed by atoms with Crippen LogP contribution in [0.4, 0.5) is 13.2 Å². The van der Waals surface area contributed by atoms with Crippen LogP contribution >= 0.6 is 0 Å². The number of nitrogens with zero attached hydrogens (tertiary/aromatic N) is 1. The number of carbonyl (C=O) groups is 1. The molecule has 1 N–H and O–H groups in total. The second-order valence-corrected chi connectivity index (χ2v) is 6.36. The summed E-state index contributed by atoms with van der Waals surface area (Å²) < 4.78 is 46.6. The summed E-state index contributed by atoms with van der Waals surface area (Å²) in [6.07, 6.45) is -4.76. The number of methoxy groups -OCH3 is 1. The average Bonchev–Trinajstić information content (AvgIpc) is 2.61. The number of para-hydroxylation sites is 1. The molecule has 0 heterocycles. The predicted octanol–water partition coefficient (Wildman–Crippen LogP) is 3.48. The molecule has 2 aromatic carbocycles. The van der Waals surface area contributed by atoms with Crippen LogP contribution in [0.1, 0.15) is 16.7 Å². The zero-order chi connectivity index (χ0) is 20.6. The molecule has 0 spiro atoms. The molecule has 0 unspecified atom stereocenters. The molecular formula is C20H23F3N2O3. The lowest BCUT2D eigenvalue weighted by atomic mass is 10.1. The van der Waals surface area contributed by atoms with Gasteiger partial charge in [0.1, 0.15) is 5.75 Å². The van der Waals surface area contributed by atoms with Gasteiger partial charge in [-0.3, -0.25) is 9.69 Å². The third-order valence-electron chi connectivity index (χ3n) is 3.84. The summed E-state index contributed by atoms with van der Waals surface area (Å²) in [5.74, 6) is -0.494. The van der Waals surface area contributed by atoms with E-state index in [1.807, 2.05) is 24.3 Å². The number of likely N-dealkylation sites (N-methyl/N-ethyl adjacent to an activating group) is 1. The molecule has 0 fully saturated rings. The van der Waals surface area contributed by atoms with E-state index in [1.54, 1.807) is 25.1 Å². The van der Waals surface area contributed by atoms with Crippen molar-refractivity contribution in [3.05, 3.63) is 65.2 Å². The smallest absolute Gasteiger partial charge is 0.405 e. The molecule has 8 heteroatoms. The minimum atomic E-state index is -4.76. The fourth-order valence-corrected chi connectivity index (χ4v) is 2.70. The minimum Gasteiger partial charge on any atom is -0.405 e. The number of carbonyl (C=O) groups excluding carboxylic acids is 1. The van der Waals surface area contributed by atoms with E-state index in [9.17, 15) is 18.0 Å². The second-order valence-electron chi connectivity index (χ2n) is 6.36. The maximum atomic E-state index is 12.5. The Morgan fingerprint density at radius 1 is 1.11 bits per heavy atom. The van der Waals surface area contributed by atoms with Gasteiger partial charge in [-0.2, -0.15) is 0 Å². The van der Waals surface area contributed by atoms with Gasteiger partial charge >= 0.3 is 6.36 Å². The monoisotopic (exact) mass is 396 g/mol. The zero-order valence-corrected chi connectivity index (χ0v) is 15.8. The lowest BCUT2D eigenvalue weighted by molar-refractivity contribution is -0.275. The summed E-state index contributed by atoms with van der Waals surface area (Å²) in [6, 6.07) is 13.5. The fraction of sp³-hybridized carbons (Fsp3) is 0.350. The van der Waals surface area contributed by atoms with Gasteiger partial charge in [0.25, 0.3) is 0 Å². The summed E-state index contributed by atoms with van der Waals surface area (Å²) >= 11 is 0. The van der Waals surface area contributed by atoms with Gasteiger partial charge in [-0.05, 0) is 24.2 Å². The Hall–Kier alpha value is -2.58. The first-order valence-electron chi connectivity index (χ1n) is 8.62. The van der Waals surface area contributed by atoms with Crippen molar-refractivity contribution in [3.63, 3.8) is 0 Å². The molecule has 0 atom stereocenters. The maximum Gasteiger partial charge on any atom is 0.573 e. The van der Waals surface area contributed by atoms with Crippen molar-refractivity contribution in [2.45, 2.75) is 26.1 Å². The number of ether oxygens (including phenoxy) is 2. The highest BCUT2D eigenvalue weighted by Crippen LogP contribution is 2.26. The fourth-order valence-electron chi connectivity index (χ4n) is 2.70. The molecule has 0 aromatic heterocycles. The molecule has 0 aliphatic carbocycles. The van der Waals surface area contributed by atoms with Gasteiger partial charge < -0.3 is 14.8 Å². The predicted molar refractivity (Wildman–Crippen MR) is 98.5 cm³/mol. The molecule has 5 nitrogen and oxygen atoms in total. The topological polar surface area (TPSA) is 50.8 Å². The van der Waals surface area contributed by atoms with E-state index in [-0.39, 0.29) is 24.7 Å². The first-order chi connectivity index (χ1) is 13.3. The van der Waals surface area contributed by atoms with Crippen molar-refractivity contribution >= 4 is 5.91 Å². The van der Waals surface area contributed by atoms with Crippen LogP contribution in [0.2, 0.25) is 0 Å². The summed E-state index contributed by atoms with van der Waals surface area (Å²) in [5, 5.41) is 2.81. The largest absolute Gasteiger partial charge is 0.573 e. The average molecular weight is 396 g/mol. The molecule has 2 rings (SSSR count). The van der Waals surface area contributed by atoms with E-state index in [0.717, 1.165) is 11.1 Å². The number of halogens is 3. The second kappa shape index (κ2) is 10.1. The molecule has 0 bridgehead atoms. The summed E-state index contributed by atoms with van der Waals surface area (Å²) in [6.45, 7) is 1.03. The van der Waals surface area contributed by atoms with Gasteiger partial charge in [-0.15, -0.1) is 13.2 Å². The highest BCUT2D eigenvalue weighted by Gasteiger charge is 2.32. The molecule has 0 radical (unpaired) electrons. The van der Waals surface area contributed by atoms with E-state index >= 15 is 0 Å². The minimum absolute atomic E-state index is 0.0398. The van der Waals surface area contributed by atoms with Gasteiger partial charge in [-0.1, -0.05) is 42.5 Å². The Morgan fingerprint density at radius 2 is 1.82 bits per heavy atom. The van der Waals surface area contributed by atoms with Gasteiger partial charge in [0.05, 0.1) is 13.2 Å². The Bertz CT molecular complexity index is 781. The molecule has 2 aromatic rings. The van der Waals surface area contributed by atoms with Crippen LogP contribution in [-0.4, -0.2) is 37.9 Å². The van der Waals surface area contributed by atoms with Crippen LogP contribution in [-0.2, 0) is 29.2 Å². The van der Waals surface area contributed by atoms with E-state index in [0.29, 0.717) is 18.7 Å². The number of rotatable bonds is 9. The lowest BCUT2D eigenvalue weighted by Crippen LogP contribution is -2.34. The maximum absolute atomic E-state index is 12.5. The van der Waals surface area contributed by atoms with Crippen LogP contribution in [0.5, 0.6) is 5.75 Å². The molecule has 152 valence electrons. The number of benzene rings is 2. The molecule has 0 aliphatic rings. The standard InChI is InChI=1S/C20H23F3N2O3/c1-25(12-17-8-3-4-9-18(17)28-20(21,22)23)13-19(26)24-11-15-6-5-7-16(10-15)14-27-2/h3-10H,11-14H2,1-2H3,(H,24,26). The van der Waals surface area contributed by atoms with E-state index in [4.69, 9.17) is 4.74 Å². The lowest BCUT2D eigenvalue weighted by Gasteiger charge is -2.19. The van der Waals surface area contributed by atoms with Crippen molar-refractivity contribution in [1.29, 1.82) is 0 Å². The number of hydrogen-bond donors (Lipinski definition) is 1. The number of alkyl halides is 3. The molecule has 1 amide bonds. The van der Waals surface area contributed by atoms with Gasteiger partial charge in [0.2, 0.25) is 5.91 Å². The van der Waals surface area contributed by atoms with Crippen LogP contribution in [0.25, 0.3) is 0 Å². The number of amides is 1. The number of hydrogen-bond acceptors (Lipinski definition) is 4. The van der Waals surface area contributed by atoms with E-state index < -0.39 is 6.36 Å². The molecule has 0 aliphatic heterocycles. The first-order valence-corrected chi connectivity index (χ1v) is 8.62. The Balaban J connectivity index is 1.87. The van der Waals surface area contributed by atoms with Crippen LogP contribution in [0, 0.1) is 0 Å². The van der Waals surface area contributed by atoms with Crippen LogP contribution < -0.4 is 10.1 Å². The summed E-state index contributed by atoms with van der Waals surface area (Å²) in [4.78, 5) is 13.8. The number of nitrogens with one attached hydrogen (secondary N) is 1. The molecule has 0 saturated carbocycles. The molecule has 0 saturated heterocycles. The zero-order valence-electron chi connectivity index (χ0n) is 15.8. The first kappa shape index (κ1) is 21.7. The van der Waals surface area contributed by atoms with Gasteiger partial charge in [0, 0.05) is 25.8 Å². The van der Waals surface area contributed by atoms with Crippen molar-refractivity contribution in [2.24, 2.45) is 0 Å². The normalized spacial score (nSPS) is 11.5. The highest BCUT2D eigenvalue weighted by atomic mass is 19.4. The van der Waals surface area contributed by atoms with Crippen molar-refractivity contribution < 1.29 is 27.4 Å². The van der Waals surface area contributed by atoms with Crippen LogP contribution in [0.3, 0.4) is 0 Å². The molecule has 28 heavy (non-hydrogen) atoms. The highest BCUT2D eigenvalue weighted by molar-refractivity contribution is 5.78. The quantitative estimate of drug-likeness (QED) is 0.705. The van der Waals surface area contributed by atoms with Gasteiger partial charge in [-0.25, -0.2) is 0 Å². The summed E-state index contributed by atoms with van der Waals surface area (Å²) in [7, 11) is 3.27. The third kappa shape index (κ3) is 7.58.